The Labute approximate surface area is 193 Å². The van der Waals surface area contributed by atoms with E-state index < -0.39 is 0 Å². The normalized spacial score (nSPS) is 17.9. The van der Waals surface area contributed by atoms with E-state index in [1.165, 1.54) is 5.56 Å². The van der Waals surface area contributed by atoms with Gasteiger partial charge in [0, 0.05) is 29.5 Å². The van der Waals surface area contributed by atoms with Crippen molar-refractivity contribution in [1.82, 2.24) is 14.9 Å². The van der Waals surface area contributed by atoms with E-state index in [1.807, 2.05) is 48.7 Å². The van der Waals surface area contributed by atoms with Crippen LogP contribution in [0.5, 0.6) is 5.75 Å². The zero-order valence-electron chi connectivity index (χ0n) is 18.0. The Morgan fingerprint density at radius 3 is 2.34 bits per heavy atom. The van der Waals surface area contributed by atoms with E-state index in [1.54, 1.807) is 7.11 Å². The van der Waals surface area contributed by atoms with Crippen molar-refractivity contribution in [2.75, 3.05) is 12.0 Å². The number of aromatic nitrogens is 2. The predicted octanol–water partition coefficient (Wildman–Crippen LogP) is 5.37. The van der Waals surface area contributed by atoms with Gasteiger partial charge in [-0.2, -0.15) is 0 Å². The van der Waals surface area contributed by atoms with Crippen molar-refractivity contribution in [3.05, 3.63) is 108 Å². The molecule has 0 amide bonds. The molecule has 4 aromatic rings. The number of hydrogen-bond donors (Lipinski definition) is 1. The molecule has 32 heavy (non-hydrogen) atoms. The topological polar surface area (TPSA) is 42.3 Å². The van der Waals surface area contributed by atoms with Gasteiger partial charge in [0.05, 0.1) is 18.8 Å². The second-order valence-electron chi connectivity index (χ2n) is 7.83. The molecule has 6 heteroatoms. The molecule has 160 valence electrons. The first-order valence-electron chi connectivity index (χ1n) is 10.5. The molecule has 2 unspecified atom stereocenters. The number of rotatable bonds is 5. The standard InChI is InChI=1S/C26H24N4OS/c1-18-8-10-19(11-9-18)29-17-5-7-23(29)25-24(22-6-3-4-16-27-22)28-26(32)30(25)20-12-14-21(31-2)15-13-20/h3-17,24-25H,1-2H3,(H,28,32). The average Bonchev–Trinajstić information content (AvgIpc) is 3.44. The highest BCUT2D eigenvalue weighted by Crippen LogP contribution is 2.42. The van der Waals surface area contributed by atoms with E-state index in [2.05, 4.69) is 69.3 Å². The van der Waals surface area contributed by atoms with E-state index >= 15 is 0 Å². The highest BCUT2D eigenvalue weighted by Gasteiger charge is 2.42. The van der Waals surface area contributed by atoms with Crippen LogP contribution in [-0.2, 0) is 0 Å². The van der Waals surface area contributed by atoms with Crippen LogP contribution in [0.2, 0.25) is 0 Å². The summed E-state index contributed by atoms with van der Waals surface area (Å²) in [6.07, 6.45) is 3.93. The van der Waals surface area contributed by atoms with Crippen molar-refractivity contribution in [1.29, 1.82) is 0 Å². The molecule has 0 radical (unpaired) electrons. The van der Waals surface area contributed by atoms with Gasteiger partial charge in [-0.05, 0) is 79.8 Å². The van der Waals surface area contributed by atoms with Crippen LogP contribution < -0.4 is 15.0 Å². The van der Waals surface area contributed by atoms with Gasteiger partial charge in [-0.25, -0.2) is 0 Å². The molecule has 0 aliphatic carbocycles. The number of nitrogens with zero attached hydrogens (tertiary/aromatic N) is 3. The van der Waals surface area contributed by atoms with Gasteiger partial charge in [-0.15, -0.1) is 0 Å². The lowest BCUT2D eigenvalue weighted by atomic mass is 10.0. The lowest BCUT2D eigenvalue weighted by Crippen LogP contribution is -2.30. The Bertz CT molecular complexity index is 1220. The highest BCUT2D eigenvalue weighted by molar-refractivity contribution is 7.80. The first kappa shape index (κ1) is 20.3. The van der Waals surface area contributed by atoms with Gasteiger partial charge in [0.2, 0.25) is 0 Å². The predicted molar refractivity (Wildman–Crippen MR) is 131 cm³/mol. The van der Waals surface area contributed by atoms with Gasteiger partial charge < -0.3 is 19.5 Å². The van der Waals surface area contributed by atoms with Crippen molar-refractivity contribution < 1.29 is 4.74 Å². The maximum atomic E-state index is 5.84. The molecule has 3 heterocycles. The number of thiocarbonyl (C=S) groups is 1. The van der Waals surface area contributed by atoms with Crippen molar-refractivity contribution in [2.24, 2.45) is 0 Å². The zero-order chi connectivity index (χ0) is 22.1. The van der Waals surface area contributed by atoms with Gasteiger partial charge in [-0.1, -0.05) is 23.8 Å². The summed E-state index contributed by atoms with van der Waals surface area (Å²) in [6.45, 7) is 2.10. The van der Waals surface area contributed by atoms with Crippen molar-refractivity contribution in [3.63, 3.8) is 0 Å². The minimum Gasteiger partial charge on any atom is -0.497 e. The van der Waals surface area contributed by atoms with Crippen LogP contribution in [0.25, 0.3) is 5.69 Å². The summed E-state index contributed by atoms with van der Waals surface area (Å²) in [5.74, 6) is 0.813. The molecule has 1 aliphatic heterocycles. The number of hydrogen-bond acceptors (Lipinski definition) is 3. The monoisotopic (exact) mass is 440 g/mol. The number of methoxy groups -OCH3 is 1. The SMILES string of the molecule is COc1ccc(N2C(=S)NC(c3ccccn3)C2c2cccn2-c2ccc(C)cc2)cc1. The second kappa shape index (κ2) is 8.48. The minimum absolute atomic E-state index is 0.0814. The fourth-order valence-corrected chi connectivity index (χ4v) is 4.60. The van der Waals surface area contributed by atoms with E-state index in [4.69, 9.17) is 17.0 Å². The zero-order valence-corrected chi connectivity index (χ0v) is 18.8. The van der Waals surface area contributed by atoms with E-state index in [0.29, 0.717) is 5.11 Å². The fourth-order valence-electron chi connectivity index (χ4n) is 4.25. The largest absolute Gasteiger partial charge is 0.497 e. The van der Waals surface area contributed by atoms with Crippen LogP contribution in [0.15, 0.2) is 91.3 Å². The minimum atomic E-state index is -0.0927. The molecule has 5 rings (SSSR count). The number of ether oxygens (including phenoxy) is 1. The summed E-state index contributed by atoms with van der Waals surface area (Å²) >= 11 is 5.84. The molecule has 0 saturated carbocycles. The molecule has 1 N–H and O–H groups in total. The number of nitrogens with one attached hydrogen (secondary N) is 1. The summed E-state index contributed by atoms with van der Waals surface area (Å²) in [5, 5.41) is 4.20. The molecular weight excluding hydrogens is 416 g/mol. The average molecular weight is 441 g/mol. The van der Waals surface area contributed by atoms with E-state index in [0.717, 1.165) is 28.5 Å². The third kappa shape index (κ3) is 3.63. The maximum Gasteiger partial charge on any atom is 0.174 e. The van der Waals surface area contributed by atoms with Crippen LogP contribution in [0.1, 0.15) is 29.0 Å². The molecule has 1 saturated heterocycles. The Hall–Kier alpha value is -3.64. The number of aryl methyl sites for hydroxylation is 1. The third-order valence-electron chi connectivity index (χ3n) is 5.84. The molecule has 1 aliphatic rings. The van der Waals surface area contributed by atoms with Crippen LogP contribution in [0.3, 0.4) is 0 Å². The number of benzene rings is 2. The molecule has 2 aromatic heterocycles. The Balaban J connectivity index is 1.64. The highest BCUT2D eigenvalue weighted by atomic mass is 32.1. The van der Waals surface area contributed by atoms with Gasteiger partial charge in [0.25, 0.3) is 0 Å². The summed E-state index contributed by atoms with van der Waals surface area (Å²) in [4.78, 5) is 6.82. The molecule has 0 spiro atoms. The summed E-state index contributed by atoms with van der Waals surface area (Å²) in [7, 11) is 1.67. The molecular formula is C26H24N4OS. The quantitative estimate of drug-likeness (QED) is 0.423. The van der Waals surface area contributed by atoms with Gasteiger partial charge >= 0.3 is 0 Å². The van der Waals surface area contributed by atoms with Crippen molar-refractivity contribution in [2.45, 2.75) is 19.0 Å². The van der Waals surface area contributed by atoms with Crippen LogP contribution in [0.4, 0.5) is 5.69 Å². The molecule has 5 nitrogen and oxygen atoms in total. The maximum absolute atomic E-state index is 5.84. The smallest absolute Gasteiger partial charge is 0.174 e. The fraction of sp³-hybridized carbons (Fsp3) is 0.154. The van der Waals surface area contributed by atoms with Crippen LogP contribution in [-0.4, -0.2) is 21.8 Å². The summed E-state index contributed by atoms with van der Waals surface area (Å²) < 4.78 is 7.58. The number of anilines is 1. The Kier molecular flexibility index (Phi) is 5.37. The Morgan fingerprint density at radius 2 is 1.66 bits per heavy atom. The molecule has 0 bridgehead atoms. The van der Waals surface area contributed by atoms with E-state index in [9.17, 15) is 0 Å². The lowest BCUT2D eigenvalue weighted by molar-refractivity contribution is 0.415. The number of pyridine rings is 1. The second-order valence-corrected chi connectivity index (χ2v) is 8.22. The van der Waals surface area contributed by atoms with Gasteiger partial charge in [0.1, 0.15) is 11.8 Å². The lowest BCUT2D eigenvalue weighted by Gasteiger charge is -2.29. The molecule has 1 fully saturated rings. The van der Waals surface area contributed by atoms with Crippen molar-refractivity contribution >= 4 is 23.0 Å². The van der Waals surface area contributed by atoms with Gasteiger partial charge in [-0.3, -0.25) is 4.98 Å². The third-order valence-corrected chi connectivity index (χ3v) is 6.16. The van der Waals surface area contributed by atoms with Gasteiger partial charge in [0.15, 0.2) is 5.11 Å². The van der Waals surface area contributed by atoms with Crippen molar-refractivity contribution in [3.8, 4) is 11.4 Å². The Morgan fingerprint density at radius 1 is 0.906 bits per heavy atom. The summed E-state index contributed by atoms with van der Waals surface area (Å²) in [5.41, 5.74) is 5.43. The van der Waals surface area contributed by atoms with E-state index in [-0.39, 0.29) is 12.1 Å². The molecule has 2 atom stereocenters. The van der Waals surface area contributed by atoms with Crippen LogP contribution in [0, 0.1) is 6.92 Å². The molecule has 2 aromatic carbocycles. The first-order chi connectivity index (χ1) is 15.7. The first-order valence-corrected chi connectivity index (χ1v) is 11.0. The summed E-state index contributed by atoms with van der Waals surface area (Å²) in [6, 6.07) is 26.6. The van der Waals surface area contributed by atoms with Crippen LogP contribution >= 0.6 is 12.2 Å².